The van der Waals surface area contributed by atoms with Crippen molar-refractivity contribution in [3.63, 3.8) is 0 Å². The lowest BCUT2D eigenvalue weighted by Gasteiger charge is -2.09. The zero-order valence-corrected chi connectivity index (χ0v) is 23.5. The molecule has 0 fully saturated rings. The van der Waals surface area contributed by atoms with Crippen LogP contribution in [-0.2, 0) is 6.18 Å². The molecule has 2 aliphatic rings. The molecule has 0 radical (unpaired) electrons. The largest absolute Gasteiger partial charge is 0.420 e. The Bertz CT molecular complexity index is 1900. The van der Waals surface area contributed by atoms with Crippen molar-refractivity contribution in [2.75, 3.05) is 0 Å². The molecule has 4 nitrogen and oxygen atoms in total. The van der Waals surface area contributed by atoms with Crippen LogP contribution in [0.25, 0.3) is 68.6 Å². The molecule has 3 aromatic heterocycles. The maximum Gasteiger partial charge on any atom is 0.420 e. The minimum atomic E-state index is -4.67. The molecule has 41 heavy (non-hydrogen) atoms. The molecule has 2 aromatic carbocycles. The Balaban J connectivity index is 1.68. The predicted octanol–water partition coefficient (Wildman–Crippen LogP) is 9.61. The Kier molecular flexibility index (Phi) is 6.15. The van der Waals surface area contributed by atoms with Gasteiger partial charge in [-0.2, -0.15) is 13.2 Å². The maximum absolute atomic E-state index is 14.7. The van der Waals surface area contributed by atoms with Gasteiger partial charge in [0.15, 0.2) is 0 Å². The molecule has 2 aliphatic heterocycles. The number of fused-ring (bicyclic) bond motifs is 8. The van der Waals surface area contributed by atoms with Crippen molar-refractivity contribution in [3.8, 4) is 22.3 Å². The van der Waals surface area contributed by atoms with Crippen molar-refractivity contribution in [1.29, 1.82) is 0 Å². The van der Waals surface area contributed by atoms with E-state index in [1.54, 1.807) is 12.2 Å². The SMILES string of the molecule is FC(F)(F)c1c2nc(c(-c3ccccc3)c3ccc([nH]3)c(I)c3ccc([nH]3)c(-c3ccccc3)c3nc1C=C3)C=C2. The lowest BCUT2D eigenvalue weighted by Crippen LogP contribution is -2.10. The molecule has 5 heterocycles. The molecule has 0 spiro atoms. The molecular formula is C33H20F3IN4. The summed E-state index contributed by atoms with van der Waals surface area (Å²) in [6.07, 6.45) is 1.45. The monoisotopic (exact) mass is 656 g/mol. The van der Waals surface area contributed by atoms with Crippen molar-refractivity contribution in [2.24, 2.45) is 0 Å². The number of nitrogens with one attached hydrogen (secondary N) is 2. The van der Waals surface area contributed by atoms with E-state index >= 15 is 0 Å². The van der Waals surface area contributed by atoms with Crippen LogP contribution >= 0.6 is 22.6 Å². The van der Waals surface area contributed by atoms with Gasteiger partial charge in [-0.1, -0.05) is 60.7 Å². The number of H-pyrrole nitrogens is 2. The highest BCUT2D eigenvalue weighted by atomic mass is 127. The van der Waals surface area contributed by atoms with Gasteiger partial charge in [-0.05, 0) is 82.3 Å². The standard InChI is InChI=1S/C33H20F3IN4/c34-33(35,36)31-25-15-11-21(38-25)29(19-7-3-1-4-8-19)23-13-17-27(40-23)32(37)28-18-14-24(41-28)30(20-9-5-2-6-10-20)22-12-16-26(31)39-22/h1-18,40-41H. The van der Waals surface area contributed by atoms with Gasteiger partial charge in [0.2, 0.25) is 0 Å². The van der Waals surface area contributed by atoms with E-state index in [9.17, 15) is 13.2 Å². The zero-order valence-electron chi connectivity index (χ0n) is 21.3. The summed E-state index contributed by atoms with van der Waals surface area (Å²) in [6, 6.07) is 26.9. The van der Waals surface area contributed by atoms with Crippen LogP contribution in [0, 0.1) is 3.57 Å². The summed E-state index contributed by atoms with van der Waals surface area (Å²) < 4.78 is 44.9. The summed E-state index contributed by atoms with van der Waals surface area (Å²) in [5.74, 6) is 0. The first kappa shape index (κ1) is 25.5. The minimum Gasteiger partial charge on any atom is -0.354 e. The van der Waals surface area contributed by atoms with Crippen LogP contribution in [0.15, 0.2) is 84.9 Å². The van der Waals surface area contributed by atoms with Gasteiger partial charge in [-0.3, -0.25) is 0 Å². The van der Waals surface area contributed by atoms with Gasteiger partial charge in [0.05, 0.1) is 37.4 Å². The lowest BCUT2D eigenvalue weighted by molar-refractivity contribution is -0.138. The topological polar surface area (TPSA) is 57.4 Å². The summed E-state index contributed by atoms with van der Waals surface area (Å²) in [5, 5.41) is 0. The average Bonchev–Trinajstić information content (AvgIpc) is 3.78. The third-order valence-electron chi connectivity index (χ3n) is 7.10. The summed E-state index contributed by atoms with van der Waals surface area (Å²) in [4.78, 5) is 16.1. The summed E-state index contributed by atoms with van der Waals surface area (Å²) >= 11 is 2.31. The minimum absolute atomic E-state index is 0.172. The van der Waals surface area contributed by atoms with E-state index in [1.165, 1.54) is 12.2 Å². The average molecular weight is 656 g/mol. The van der Waals surface area contributed by atoms with Crippen LogP contribution in [0.5, 0.6) is 0 Å². The molecule has 5 aromatic rings. The fourth-order valence-corrected chi connectivity index (χ4v) is 5.91. The van der Waals surface area contributed by atoms with E-state index in [1.807, 2.05) is 84.9 Å². The second-order valence-corrected chi connectivity index (χ2v) is 10.8. The van der Waals surface area contributed by atoms with Crippen LogP contribution in [0.1, 0.15) is 28.3 Å². The maximum atomic E-state index is 14.7. The third-order valence-corrected chi connectivity index (χ3v) is 8.26. The fraction of sp³-hybridized carbons (Fsp3) is 0.0303. The van der Waals surface area contributed by atoms with E-state index in [0.717, 1.165) is 36.8 Å². The van der Waals surface area contributed by atoms with Crippen molar-refractivity contribution in [3.05, 3.63) is 117 Å². The van der Waals surface area contributed by atoms with Gasteiger partial charge in [0.25, 0.3) is 0 Å². The Morgan fingerprint density at radius 1 is 0.512 bits per heavy atom. The highest BCUT2D eigenvalue weighted by Crippen LogP contribution is 2.39. The molecule has 0 atom stereocenters. The molecule has 2 N–H and O–H groups in total. The van der Waals surface area contributed by atoms with Crippen molar-refractivity contribution in [1.82, 2.24) is 19.9 Å². The molecule has 0 unspecified atom stereocenters. The van der Waals surface area contributed by atoms with Crippen LogP contribution in [0.4, 0.5) is 13.2 Å². The molecule has 0 saturated carbocycles. The number of rotatable bonds is 2. The Labute approximate surface area is 246 Å². The third kappa shape index (κ3) is 4.58. The molecule has 0 amide bonds. The number of benzene rings is 2. The summed E-state index contributed by atoms with van der Waals surface area (Å²) in [6.45, 7) is 0. The van der Waals surface area contributed by atoms with Gasteiger partial charge < -0.3 is 9.97 Å². The quantitative estimate of drug-likeness (QED) is 0.182. The normalized spacial score (nSPS) is 12.7. The van der Waals surface area contributed by atoms with E-state index in [4.69, 9.17) is 0 Å². The van der Waals surface area contributed by atoms with Crippen LogP contribution in [0.3, 0.4) is 0 Å². The Morgan fingerprint density at radius 3 is 1.32 bits per heavy atom. The van der Waals surface area contributed by atoms with E-state index in [2.05, 4.69) is 42.5 Å². The molecule has 8 heteroatoms. The number of nitrogens with zero attached hydrogens (tertiary/aromatic N) is 2. The number of hydrogen-bond acceptors (Lipinski definition) is 2. The lowest BCUT2D eigenvalue weighted by atomic mass is 10.0. The van der Waals surface area contributed by atoms with Crippen LogP contribution in [-0.4, -0.2) is 19.9 Å². The molecule has 200 valence electrons. The van der Waals surface area contributed by atoms with E-state index < -0.39 is 11.7 Å². The molecule has 0 aliphatic carbocycles. The highest BCUT2D eigenvalue weighted by Gasteiger charge is 2.37. The van der Waals surface area contributed by atoms with Gasteiger partial charge in [-0.15, -0.1) is 0 Å². The van der Waals surface area contributed by atoms with Crippen LogP contribution < -0.4 is 0 Å². The highest BCUT2D eigenvalue weighted by molar-refractivity contribution is 14.1. The first-order valence-electron chi connectivity index (χ1n) is 12.9. The first-order valence-corrected chi connectivity index (χ1v) is 13.9. The summed E-state index contributed by atoms with van der Waals surface area (Å²) in [7, 11) is 0. The number of hydrogen-bond donors (Lipinski definition) is 2. The predicted molar refractivity (Wildman–Crippen MR) is 167 cm³/mol. The van der Waals surface area contributed by atoms with E-state index in [0.29, 0.717) is 22.5 Å². The second kappa shape index (κ2) is 9.88. The van der Waals surface area contributed by atoms with Crippen molar-refractivity contribution in [2.45, 2.75) is 6.18 Å². The number of aromatic amines is 2. The number of halogens is 4. The van der Waals surface area contributed by atoms with Gasteiger partial charge in [0, 0.05) is 22.2 Å². The Morgan fingerprint density at radius 2 is 0.902 bits per heavy atom. The number of alkyl halides is 3. The molecular weight excluding hydrogens is 636 g/mol. The second-order valence-electron chi connectivity index (χ2n) is 9.67. The first-order chi connectivity index (χ1) is 19.9. The van der Waals surface area contributed by atoms with Crippen LogP contribution in [0.2, 0.25) is 0 Å². The van der Waals surface area contributed by atoms with Crippen molar-refractivity contribution >= 4 is 69.0 Å². The van der Waals surface area contributed by atoms with Crippen molar-refractivity contribution < 1.29 is 13.2 Å². The summed E-state index contributed by atoms with van der Waals surface area (Å²) in [5.41, 5.74) is 6.02. The molecule has 0 saturated heterocycles. The zero-order chi connectivity index (χ0) is 28.1. The molecule has 8 bridgehead atoms. The fourth-order valence-electron chi connectivity index (χ4n) is 5.28. The van der Waals surface area contributed by atoms with Gasteiger partial charge in [0.1, 0.15) is 5.56 Å². The van der Waals surface area contributed by atoms with E-state index in [-0.39, 0.29) is 11.4 Å². The smallest absolute Gasteiger partial charge is 0.354 e. The van der Waals surface area contributed by atoms with Gasteiger partial charge in [-0.25, -0.2) is 9.97 Å². The number of aromatic nitrogens is 4. The Hall–Kier alpha value is -4.44. The molecule has 7 rings (SSSR count). The van der Waals surface area contributed by atoms with Gasteiger partial charge >= 0.3 is 6.18 Å².